The number of carbonyl (C=O) groups excluding carboxylic acids is 1. The zero-order valence-corrected chi connectivity index (χ0v) is 20.0. The average molecular weight is 460 g/mol. The van der Waals surface area contributed by atoms with Gasteiger partial charge in [-0.2, -0.15) is 0 Å². The van der Waals surface area contributed by atoms with E-state index >= 15 is 0 Å². The van der Waals surface area contributed by atoms with Crippen LogP contribution in [0.5, 0.6) is 0 Å². The number of thiophene rings is 1. The molecule has 6 nitrogen and oxygen atoms in total. The van der Waals surface area contributed by atoms with Crippen molar-refractivity contribution in [1.29, 1.82) is 0 Å². The second-order valence-corrected chi connectivity index (χ2v) is 10.2. The van der Waals surface area contributed by atoms with Gasteiger partial charge in [-0.05, 0) is 50.3 Å². The molecular weight excluding hydrogens is 430 g/mol. The number of hydrogen-bond donors (Lipinski definition) is 0. The number of nitrogens with zero attached hydrogens (tertiary/aromatic N) is 3. The van der Waals surface area contributed by atoms with Crippen LogP contribution in [-0.4, -0.2) is 33.2 Å². The maximum atomic E-state index is 13.4. The van der Waals surface area contributed by atoms with E-state index in [2.05, 4.69) is 6.92 Å². The Morgan fingerprint density at radius 2 is 2.16 bits per heavy atom. The summed E-state index contributed by atoms with van der Waals surface area (Å²) < 4.78 is 7.38. The lowest BCUT2D eigenvalue weighted by Crippen LogP contribution is -2.28. The van der Waals surface area contributed by atoms with Crippen LogP contribution in [0.4, 0.5) is 0 Å². The third-order valence-corrected chi connectivity index (χ3v) is 7.86. The van der Waals surface area contributed by atoms with Gasteiger partial charge in [-0.3, -0.25) is 14.2 Å². The summed E-state index contributed by atoms with van der Waals surface area (Å²) in [4.78, 5) is 34.8. The van der Waals surface area contributed by atoms with E-state index in [4.69, 9.17) is 9.40 Å². The summed E-state index contributed by atoms with van der Waals surface area (Å²) in [6, 6.07) is 3.79. The number of furan rings is 1. The Balaban J connectivity index is 1.54. The van der Waals surface area contributed by atoms with E-state index in [0.29, 0.717) is 18.2 Å². The minimum atomic E-state index is -0.0119. The highest BCUT2D eigenvalue weighted by Crippen LogP contribution is 2.35. The molecule has 4 rings (SSSR count). The number of amides is 1. The smallest absolute Gasteiger partial charge is 0.263 e. The maximum absolute atomic E-state index is 13.4. The van der Waals surface area contributed by atoms with Crippen LogP contribution in [0.2, 0.25) is 0 Å². The van der Waals surface area contributed by atoms with Crippen LogP contribution in [0.3, 0.4) is 0 Å². The standard InChI is InChI=1S/C23H29N3O3S2/c1-4-5-6-12-26-22(28)20-17-8-7-9-18(17)31-21(20)24-23(26)30-14-19(27)25(3)13-16-11-10-15(2)29-16/h10-11H,4-9,12-14H2,1-3H3. The monoisotopic (exact) mass is 459 g/mol. The summed E-state index contributed by atoms with van der Waals surface area (Å²) in [6.07, 6.45) is 6.25. The first-order valence-electron chi connectivity index (χ1n) is 10.9. The predicted molar refractivity (Wildman–Crippen MR) is 126 cm³/mol. The third kappa shape index (κ3) is 4.75. The molecule has 1 aliphatic carbocycles. The van der Waals surface area contributed by atoms with Crippen LogP contribution in [0.15, 0.2) is 26.5 Å². The molecule has 0 fully saturated rings. The molecule has 0 aliphatic heterocycles. The van der Waals surface area contributed by atoms with E-state index in [1.807, 2.05) is 19.1 Å². The molecule has 0 radical (unpaired) electrons. The SMILES string of the molecule is CCCCCn1c(SCC(=O)N(C)Cc2ccc(C)o2)nc2sc3c(c2c1=O)CCC3. The fourth-order valence-electron chi connectivity index (χ4n) is 4.01. The third-order valence-electron chi connectivity index (χ3n) is 5.71. The lowest BCUT2D eigenvalue weighted by molar-refractivity contribution is -0.127. The summed E-state index contributed by atoms with van der Waals surface area (Å²) in [5, 5.41) is 1.47. The largest absolute Gasteiger partial charge is 0.464 e. The Kier molecular flexibility index (Phi) is 6.86. The van der Waals surface area contributed by atoms with Gasteiger partial charge < -0.3 is 9.32 Å². The van der Waals surface area contributed by atoms with Crippen LogP contribution in [-0.2, 0) is 30.7 Å². The lowest BCUT2D eigenvalue weighted by atomic mass is 10.2. The molecule has 3 aromatic heterocycles. The average Bonchev–Trinajstić information content (AvgIpc) is 3.44. The predicted octanol–water partition coefficient (Wildman–Crippen LogP) is 4.79. The fourth-order valence-corrected chi connectivity index (χ4v) is 6.28. The number of unbranched alkanes of at least 4 members (excludes halogenated alkanes) is 2. The maximum Gasteiger partial charge on any atom is 0.263 e. The van der Waals surface area contributed by atoms with Gasteiger partial charge in [0.1, 0.15) is 16.4 Å². The van der Waals surface area contributed by atoms with E-state index in [1.165, 1.54) is 22.2 Å². The molecule has 0 saturated heterocycles. The van der Waals surface area contributed by atoms with Gasteiger partial charge in [-0.15, -0.1) is 11.3 Å². The number of fused-ring (bicyclic) bond motifs is 3. The van der Waals surface area contributed by atoms with E-state index in [1.54, 1.807) is 27.9 Å². The minimum absolute atomic E-state index is 0.0119. The summed E-state index contributed by atoms with van der Waals surface area (Å²) in [7, 11) is 1.77. The Morgan fingerprint density at radius 3 is 2.90 bits per heavy atom. The second-order valence-electron chi connectivity index (χ2n) is 8.15. The molecule has 3 aromatic rings. The van der Waals surface area contributed by atoms with E-state index in [-0.39, 0.29) is 17.2 Å². The van der Waals surface area contributed by atoms with Gasteiger partial charge >= 0.3 is 0 Å². The topological polar surface area (TPSA) is 68.3 Å². The molecule has 3 heterocycles. The molecule has 0 aromatic carbocycles. The van der Waals surface area contributed by atoms with E-state index < -0.39 is 0 Å². The van der Waals surface area contributed by atoms with Crippen LogP contribution in [0, 0.1) is 6.92 Å². The van der Waals surface area contributed by atoms with Crippen molar-refractivity contribution >= 4 is 39.2 Å². The first-order valence-corrected chi connectivity index (χ1v) is 12.7. The molecular formula is C23H29N3O3S2. The molecule has 0 atom stereocenters. The highest BCUT2D eigenvalue weighted by Gasteiger charge is 2.24. The first-order chi connectivity index (χ1) is 15.0. The van der Waals surface area contributed by atoms with Gasteiger partial charge in [0, 0.05) is 18.5 Å². The Hall–Kier alpha value is -2.06. The fraction of sp³-hybridized carbons (Fsp3) is 0.522. The molecule has 1 amide bonds. The van der Waals surface area contributed by atoms with Crippen molar-refractivity contribution in [3.05, 3.63) is 44.4 Å². The Morgan fingerprint density at radius 1 is 1.32 bits per heavy atom. The minimum Gasteiger partial charge on any atom is -0.464 e. The van der Waals surface area contributed by atoms with Crippen LogP contribution in [0.1, 0.15) is 54.6 Å². The van der Waals surface area contributed by atoms with Gasteiger partial charge in [0.15, 0.2) is 5.16 Å². The zero-order chi connectivity index (χ0) is 22.0. The van der Waals surface area contributed by atoms with Crippen molar-refractivity contribution in [1.82, 2.24) is 14.5 Å². The second kappa shape index (κ2) is 9.61. The quantitative estimate of drug-likeness (QED) is 0.261. The number of aryl methyl sites for hydroxylation is 3. The Bertz CT molecular complexity index is 1150. The van der Waals surface area contributed by atoms with Crippen molar-refractivity contribution in [2.45, 2.75) is 70.6 Å². The molecule has 0 saturated carbocycles. The summed E-state index contributed by atoms with van der Waals surface area (Å²) >= 11 is 3.01. The zero-order valence-electron chi connectivity index (χ0n) is 18.4. The molecule has 0 spiro atoms. The number of hydrogen-bond acceptors (Lipinski definition) is 6. The van der Waals surface area contributed by atoms with Gasteiger partial charge in [-0.1, -0.05) is 31.5 Å². The lowest BCUT2D eigenvalue weighted by Gasteiger charge is -2.16. The van der Waals surface area contributed by atoms with E-state index in [9.17, 15) is 9.59 Å². The highest BCUT2D eigenvalue weighted by molar-refractivity contribution is 7.99. The molecule has 166 valence electrons. The van der Waals surface area contributed by atoms with Gasteiger partial charge in [0.2, 0.25) is 5.91 Å². The molecule has 8 heteroatoms. The van der Waals surface area contributed by atoms with Crippen LogP contribution in [0.25, 0.3) is 10.2 Å². The van der Waals surface area contributed by atoms with Crippen molar-refractivity contribution < 1.29 is 9.21 Å². The van der Waals surface area contributed by atoms with Gasteiger partial charge in [-0.25, -0.2) is 4.98 Å². The van der Waals surface area contributed by atoms with Gasteiger partial charge in [0.05, 0.1) is 17.7 Å². The summed E-state index contributed by atoms with van der Waals surface area (Å²) in [5.41, 5.74) is 1.28. The van der Waals surface area contributed by atoms with Crippen molar-refractivity contribution in [2.24, 2.45) is 0 Å². The highest BCUT2D eigenvalue weighted by atomic mass is 32.2. The number of rotatable bonds is 9. The van der Waals surface area contributed by atoms with Crippen molar-refractivity contribution in [2.75, 3.05) is 12.8 Å². The normalized spacial score (nSPS) is 13.1. The van der Waals surface area contributed by atoms with E-state index in [0.717, 1.165) is 60.3 Å². The molecule has 31 heavy (non-hydrogen) atoms. The Labute approximate surface area is 190 Å². The summed E-state index contributed by atoms with van der Waals surface area (Å²) in [5.74, 6) is 1.83. The van der Waals surface area contributed by atoms with Crippen LogP contribution < -0.4 is 5.56 Å². The molecule has 0 bridgehead atoms. The summed E-state index contributed by atoms with van der Waals surface area (Å²) in [6.45, 7) is 5.13. The molecule has 0 N–H and O–H groups in total. The van der Waals surface area contributed by atoms with Crippen LogP contribution >= 0.6 is 23.1 Å². The first kappa shape index (κ1) is 22.1. The van der Waals surface area contributed by atoms with Crippen molar-refractivity contribution in [3.8, 4) is 0 Å². The van der Waals surface area contributed by atoms with Gasteiger partial charge in [0.25, 0.3) is 5.56 Å². The number of carbonyl (C=O) groups is 1. The molecule has 1 aliphatic rings. The molecule has 0 unspecified atom stereocenters. The van der Waals surface area contributed by atoms with Crippen molar-refractivity contribution in [3.63, 3.8) is 0 Å². The number of thioether (sulfide) groups is 1. The number of aromatic nitrogens is 2.